The Hall–Kier alpha value is -1.65. The Morgan fingerprint density at radius 3 is 2.71 bits per heavy atom. The fraction of sp³-hybridized carbons (Fsp3) is 0.364. The van der Waals surface area contributed by atoms with E-state index in [0.29, 0.717) is 19.1 Å². The molecule has 1 amide bonds. The molecule has 0 bridgehead atoms. The van der Waals surface area contributed by atoms with E-state index in [4.69, 9.17) is 16.3 Å². The zero-order chi connectivity index (χ0) is 21.3. The van der Waals surface area contributed by atoms with E-state index >= 15 is 0 Å². The summed E-state index contributed by atoms with van der Waals surface area (Å²) in [5.74, 6) is 2.33. The predicted octanol–water partition coefficient (Wildman–Crippen LogP) is 4.20. The van der Waals surface area contributed by atoms with Crippen LogP contribution in [0.25, 0.3) is 0 Å². The summed E-state index contributed by atoms with van der Waals surface area (Å²) < 4.78 is 5.75. The monoisotopic (exact) mass is 574 g/mol. The third-order valence-corrected chi connectivity index (χ3v) is 5.88. The summed E-state index contributed by atoms with van der Waals surface area (Å²) in [5.41, 5.74) is 1.10. The first-order valence-electron chi connectivity index (χ1n) is 9.88. The number of likely N-dealkylation sites (N-methyl/N-ethyl adjacent to an activating group) is 1. The van der Waals surface area contributed by atoms with Crippen molar-refractivity contribution in [1.29, 1.82) is 0 Å². The van der Waals surface area contributed by atoms with Gasteiger partial charge < -0.3 is 20.3 Å². The Morgan fingerprint density at radius 1 is 1.23 bits per heavy atom. The second kappa shape index (κ2) is 13.0. The van der Waals surface area contributed by atoms with Crippen LogP contribution in [0.15, 0.2) is 58.4 Å². The van der Waals surface area contributed by atoms with E-state index in [2.05, 4.69) is 21.7 Å². The van der Waals surface area contributed by atoms with Gasteiger partial charge in [-0.3, -0.25) is 4.79 Å². The lowest BCUT2D eigenvalue weighted by atomic mass is 10.0. The van der Waals surface area contributed by atoms with Gasteiger partial charge in [-0.15, -0.1) is 35.7 Å². The van der Waals surface area contributed by atoms with Crippen molar-refractivity contribution in [3.8, 4) is 5.75 Å². The summed E-state index contributed by atoms with van der Waals surface area (Å²) >= 11 is 7.68. The van der Waals surface area contributed by atoms with E-state index in [9.17, 15) is 4.79 Å². The first-order valence-corrected chi connectivity index (χ1v) is 11.2. The highest BCUT2D eigenvalue weighted by atomic mass is 127. The Morgan fingerprint density at radius 2 is 1.97 bits per heavy atom. The van der Waals surface area contributed by atoms with E-state index in [-0.39, 0.29) is 42.5 Å². The van der Waals surface area contributed by atoms with Gasteiger partial charge in [-0.2, -0.15) is 0 Å². The lowest BCUT2D eigenvalue weighted by Gasteiger charge is -2.28. The second-order valence-corrected chi connectivity index (χ2v) is 8.66. The Bertz CT molecular complexity index is 880. The number of nitrogens with one attached hydrogen (secondary N) is 2. The minimum Gasteiger partial charge on any atom is -0.493 e. The smallest absolute Gasteiger partial charge is 0.243 e. The van der Waals surface area contributed by atoms with Gasteiger partial charge in [-0.05, 0) is 30.3 Å². The van der Waals surface area contributed by atoms with Gasteiger partial charge in [0, 0.05) is 48.3 Å². The summed E-state index contributed by atoms with van der Waals surface area (Å²) in [6, 6.07) is 15.9. The van der Waals surface area contributed by atoms with Gasteiger partial charge in [0.1, 0.15) is 12.3 Å². The molecule has 2 aromatic rings. The average molecular weight is 575 g/mol. The predicted molar refractivity (Wildman–Crippen MR) is 139 cm³/mol. The lowest BCUT2D eigenvalue weighted by molar-refractivity contribution is -0.127. The molecule has 0 saturated heterocycles. The third kappa shape index (κ3) is 8.08. The van der Waals surface area contributed by atoms with Gasteiger partial charge in [0.25, 0.3) is 0 Å². The van der Waals surface area contributed by atoms with Crippen molar-refractivity contribution in [3.63, 3.8) is 0 Å². The number of carbonyl (C=O) groups excluding carboxylic acids is 1. The Labute approximate surface area is 210 Å². The van der Waals surface area contributed by atoms with E-state index in [1.807, 2.05) is 42.5 Å². The number of rotatable bonds is 7. The van der Waals surface area contributed by atoms with Crippen LogP contribution in [0.5, 0.6) is 5.75 Å². The number of fused-ring (bicyclic) bond motifs is 1. The van der Waals surface area contributed by atoms with Crippen LogP contribution >= 0.6 is 47.3 Å². The van der Waals surface area contributed by atoms with Gasteiger partial charge in [0.2, 0.25) is 5.91 Å². The van der Waals surface area contributed by atoms with Crippen LogP contribution in [-0.2, 0) is 4.79 Å². The number of thioether (sulfide) groups is 1. The number of hydrogen-bond donors (Lipinski definition) is 2. The molecular weight excluding hydrogens is 547 g/mol. The molecule has 0 aliphatic carbocycles. The molecule has 0 fully saturated rings. The van der Waals surface area contributed by atoms with Gasteiger partial charge in [0.05, 0.1) is 12.6 Å². The standard InChI is InChI=1S/C22H27ClN4O2S.HI/c1-27(2)21(28)15-25-22(24-12-14-30-17-9-7-16(23)8-10-17)26-19-11-13-29-20-6-4-3-5-18(19)20;/h3-10,19H,11-15H2,1-2H3,(H2,24,25,26);1H. The van der Waals surface area contributed by atoms with Crippen molar-refractivity contribution < 1.29 is 9.53 Å². The minimum absolute atomic E-state index is 0. The number of halogens is 2. The maximum Gasteiger partial charge on any atom is 0.243 e. The average Bonchev–Trinajstić information content (AvgIpc) is 2.76. The molecule has 1 heterocycles. The molecule has 1 aliphatic heterocycles. The fourth-order valence-electron chi connectivity index (χ4n) is 2.97. The number of hydrogen-bond acceptors (Lipinski definition) is 4. The normalized spacial score (nSPS) is 15.2. The molecule has 1 aliphatic rings. The summed E-state index contributed by atoms with van der Waals surface area (Å²) in [5, 5.41) is 7.56. The summed E-state index contributed by atoms with van der Waals surface area (Å²) in [6.45, 7) is 1.45. The van der Waals surface area contributed by atoms with Crippen LogP contribution in [0.4, 0.5) is 0 Å². The molecule has 9 heteroatoms. The number of ether oxygens (including phenoxy) is 1. The van der Waals surface area contributed by atoms with Crippen molar-refractivity contribution in [2.45, 2.75) is 17.4 Å². The Balaban J connectivity index is 0.00000341. The summed E-state index contributed by atoms with van der Waals surface area (Å²) in [4.78, 5) is 19.2. The van der Waals surface area contributed by atoms with E-state index in [1.165, 1.54) is 0 Å². The van der Waals surface area contributed by atoms with Crippen molar-refractivity contribution in [3.05, 3.63) is 59.1 Å². The van der Waals surface area contributed by atoms with E-state index in [1.54, 1.807) is 30.8 Å². The molecule has 2 N–H and O–H groups in total. The van der Waals surface area contributed by atoms with Gasteiger partial charge in [0.15, 0.2) is 5.96 Å². The summed E-state index contributed by atoms with van der Waals surface area (Å²) in [7, 11) is 3.46. The fourth-order valence-corrected chi connectivity index (χ4v) is 3.86. The Kier molecular flexibility index (Phi) is 10.8. The molecule has 1 unspecified atom stereocenters. The van der Waals surface area contributed by atoms with Crippen molar-refractivity contribution in [2.75, 3.05) is 39.5 Å². The molecule has 1 atom stereocenters. The van der Waals surface area contributed by atoms with Gasteiger partial charge in [-0.25, -0.2) is 4.99 Å². The largest absolute Gasteiger partial charge is 0.493 e. The molecule has 6 nitrogen and oxygen atoms in total. The van der Waals surface area contributed by atoms with Crippen molar-refractivity contribution >= 4 is 59.2 Å². The van der Waals surface area contributed by atoms with Gasteiger partial charge >= 0.3 is 0 Å². The lowest BCUT2D eigenvalue weighted by Crippen LogP contribution is -2.42. The molecule has 31 heavy (non-hydrogen) atoms. The third-order valence-electron chi connectivity index (χ3n) is 4.62. The second-order valence-electron chi connectivity index (χ2n) is 7.05. The molecule has 0 saturated carbocycles. The van der Waals surface area contributed by atoms with Gasteiger partial charge in [-0.1, -0.05) is 29.8 Å². The SMILES string of the molecule is CN(C)C(=O)CN=C(NCCSc1ccc(Cl)cc1)NC1CCOc2ccccc21.I. The number of benzene rings is 2. The highest BCUT2D eigenvalue weighted by Crippen LogP contribution is 2.31. The molecular formula is C22H28ClIN4O2S. The first-order chi connectivity index (χ1) is 14.5. The van der Waals surface area contributed by atoms with E-state index < -0.39 is 0 Å². The molecule has 0 spiro atoms. The van der Waals surface area contributed by atoms with Crippen LogP contribution in [0.2, 0.25) is 5.02 Å². The molecule has 0 radical (unpaired) electrons. The molecule has 0 aromatic heterocycles. The zero-order valence-electron chi connectivity index (χ0n) is 17.6. The number of aliphatic imine (C=N–C) groups is 1. The minimum atomic E-state index is -0.0426. The number of carbonyl (C=O) groups is 1. The van der Waals surface area contributed by atoms with Crippen LogP contribution < -0.4 is 15.4 Å². The van der Waals surface area contributed by atoms with Crippen LogP contribution in [0.3, 0.4) is 0 Å². The van der Waals surface area contributed by atoms with Crippen LogP contribution in [0.1, 0.15) is 18.0 Å². The molecule has 168 valence electrons. The number of guanidine groups is 1. The topological polar surface area (TPSA) is 66.0 Å². The number of para-hydroxylation sites is 1. The van der Waals surface area contributed by atoms with Crippen LogP contribution in [0, 0.1) is 0 Å². The quantitative estimate of drug-likeness (QED) is 0.171. The molecule has 3 rings (SSSR count). The number of nitrogens with zero attached hydrogens (tertiary/aromatic N) is 2. The van der Waals surface area contributed by atoms with E-state index in [0.717, 1.165) is 33.4 Å². The van der Waals surface area contributed by atoms with Crippen molar-refractivity contribution in [1.82, 2.24) is 15.5 Å². The zero-order valence-corrected chi connectivity index (χ0v) is 21.5. The highest BCUT2D eigenvalue weighted by molar-refractivity contribution is 14.0. The highest BCUT2D eigenvalue weighted by Gasteiger charge is 2.22. The summed E-state index contributed by atoms with van der Waals surface area (Å²) in [6.07, 6.45) is 0.832. The maximum atomic E-state index is 12.0. The van der Waals surface area contributed by atoms with Crippen molar-refractivity contribution in [2.24, 2.45) is 4.99 Å². The maximum absolute atomic E-state index is 12.0. The number of amides is 1. The first kappa shape index (κ1) is 25.6. The molecule has 2 aromatic carbocycles. The van der Waals surface area contributed by atoms with Crippen LogP contribution in [-0.4, -0.2) is 56.3 Å².